The summed E-state index contributed by atoms with van der Waals surface area (Å²) in [5.41, 5.74) is 0. The van der Waals surface area contributed by atoms with Crippen LogP contribution in [0.3, 0.4) is 0 Å². The lowest BCUT2D eigenvalue weighted by Crippen LogP contribution is -2.33. The molecule has 0 aromatic carbocycles. The van der Waals surface area contributed by atoms with Gasteiger partial charge in [-0.25, -0.2) is 0 Å². The van der Waals surface area contributed by atoms with Crippen LogP contribution in [0.2, 0.25) is 0 Å². The SMILES string of the molecule is C=CCCC(C)NC(C)CC#N. The van der Waals surface area contributed by atoms with Crippen molar-refractivity contribution in [2.45, 2.75) is 45.2 Å². The summed E-state index contributed by atoms with van der Waals surface area (Å²) in [6.07, 6.45) is 4.64. The average molecular weight is 166 g/mol. The molecule has 0 rings (SSSR count). The molecule has 2 unspecified atom stereocenters. The van der Waals surface area contributed by atoms with Crippen LogP contribution in [0.1, 0.15) is 33.1 Å². The molecule has 0 aromatic heterocycles. The Morgan fingerprint density at radius 2 is 2.17 bits per heavy atom. The molecule has 0 saturated carbocycles. The molecule has 1 N–H and O–H groups in total. The first-order valence-corrected chi connectivity index (χ1v) is 4.44. The Kier molecular flexibility index (Phi) is 6.41. The van der Waals surface area contributed by atoms with Crippen LogP contribution in [-0.4, -0.2) is 12.1 Å². The lowest BCUT2D eigenvalue weighted by atomic mass is 10.1. The van der Waals surface area contributed by atoms with Gasteiger partial charge < -0.3 is 5.32 Å². The molecule has 0 radical (unpaired) electrons. The first-order chi connectivity index (χ1) is 5.70. The van der Waals surface area contributed by atoms with E-state index in [0.717, 1.165) is 12.8 Å². The Labute approximate surface area is 75.3 Å². The molecule has 2 heteroatoms. The highest BCUT2D eigenvalue weighted by Gasteiger charge is 2.04. The van der Waals surface area contributed by atoms with Gasteiger partial charge in [0.15, 0.2) is 0 Å². The van der Waals surface area contributed by atoms with E-state index in [9.17, 15) is 0 Å². The molecule has 0 spiro atoms. The molecule has 2 atom stereocenters. The quantitative estimate of drug-likeness (QED) is 0.614. The topological polar surface area (TPSA) is 35.8 Å². The number of nitriles is 1. The van der Waals surface area contributed by atoms with E-state index in [-0.39, 0.29) is 0 Å². The maximum atomic E-state index is 8.42. The summed E-state index contributed by atoms with van der Waals surface area (Å²) in [6.45, 7) is 7.84. The van der Waals surface area contributed by atoms with Crippen LogP contribution in [0.5, 0.6) is 0 Å². The van der Waals surface area contributed by atoms with Crippen molar-refractivity contribution in [2.24, 2.45) is 0 Å². The molecular formula is C10H18N2. The second-order valence-electron chi connectivity index (χ2n) is 3.20. The zero-order valence-corrected chi connectivity index (χ0v) is 8.01. The van der Waals surface area contributed by atoms with Gasteiger partial charge >= 0.3 is 0 Å². The van der Waals surface area contributed by atoms with Gasteiger partial charge in [-0.3, -0.25) is 0 Å². The van der Waals surface area contributed by atoms with Crippen molar-refractivity contribution in [3.63, 3.8) is 0 Å². The van der Waals surface area contributed by atoms with E-state index < -0.39 is 0 Å². The maximum absolute atomic E-state index is 8.42. The van der Waals surface area contributed by atoms with E-state index in [1.165, 1.54) is 0 Å². The molecule has 0 aliphatic rings. The van der Waals surface area contributed by atoms with Crippen molar-refractivity contribution < 1.29 is 0 Å². The molecule has 68 valence electrons. The first-order valence-electron chi connectivity index (χ1n) is 4.44. The number of hydrogen-bond donors (Lipinski definition) is 1. The third-order valence-electron chi connectivity index (χ3n) is 1.77. The van der Waals surface area contributed by atoms with E-state index in [4.69, 9.17) is 5.26 Å². The molecule has 2 nitrogen and oxygen atoms in total. The lowest BCUT2D eigenvalue weighted by Gasteiger charge is -2.16. The molecule has 0 aliphatic carbocycles. The highest BCUT2D eigenvalue weighted by molar-refractivity contribution is 4.80. The summed E-state index contributed by atoms with van der Waals surface area (Å²) in [5, 5.41) is 11.8. The van der Waals surface area contributed by atoms with Crippen molar-refractivity contribution in [3.8, 4) is 6.07 Å². The third-order valence-corrected chi connectivity index (χ3v) is 1.77. The number of allylic oxidation sites excluding steroid dienone is 1. The Hall–Kier alpha value is -0.810. The van der Waals surface area contributed by atoms with Crippen molar-refractivity contribution in [1.82, 2.24) is 5.32 Å². The Morgan fingerprint density at radius 3 is 2.67 bits per heavy atom. The maximum Gasteiger partial charge on any atom is 0.0638 e. The normalized spacial score (nSPS) is 14.8. The molecule has 0 fully saturated rings. The number of rotatable bonds is 6. The van der Waals surface area contributed by atoms with Crippen LogP contribution in [0.25, 0.3) is 0 Å². The number of nitrogens with one attached hydrogen (secondary N) is 1. The Balaban J connectivity index is 3.47. The second-order valence-corrected chi connectivity index (χ2v) is 3.20. The highest BCUT2D eigenvalue weighted by Crippen LogP contribution is 1.99. The molecule has 0 amide bonds. The molecule has 12 heavy (non-hydrogen) atoms. The van der Waals surface area contributed by atoms with E-state index in [2.05, 4.69) is 24.9 Å². The van der Waals surface area contributed by atoms with Crippen LogP contribution in [-0.2, 0) is 0 Å². The number of hydrogen-bond acceptors (Lipinski definition) is 2. The first kappa shape index (κ1) is 11.2. The predicted octanol–water partition coefficient (Wildman–Crippen LogP) is 2.23. The van der Waals surface area contributed by atoms with Crippen LogP contribution in [0.15, 0.2) is 12.7 Å². The zero-order chi connectivity index (χ0) is 9.40. The van der Waals surface area contributed by atoms with Gasteiger partial charge in [-0.05, 0) is 26.7 Å². The number of nitrogens with zero attached hydrogens (tertiary/aromatic N) is 1. The summed E-state index contributed by atoms with van der Waals surface area (Å²) in [4.78, 5) is 0. The Morgan fingerprint density at radius 1 is 1.50 bits per heavy atom. The molecule has 0 aliphatic heterocycles. The van der Waals surface area contributed by atoms with Gasteiger partial charge in [0.05, 0.1) is 12.5 Å². The third kappa shape index (κ3) is 5.94. The molecule has 0 aromatic rings. The largest absolute Gasteiger partial charge is 0.311 e. The van der Waals surface area contributed by atoms with E-state index in [1.807, 2.05) is 13.0 Å². The van der Waals surface area contributed by atoms with Crippen molar-refractivity contribution in [2.75, 3.05) is 0 Å². The second kappa shape index (κ2) is 6.87. The average Bonchev–Trinajstić information content (AvgIpc) is 2.01. The van der Waals surface area contributed by atoms with Gasteiger partial charge in [-0.15, -0.1) is 6.58 Å². The van der Waals surface area contributed by atoms with Gasteiger partial charge in [-0.2, -0.15) is 5.26 Å². The van der Waals surface area contributed by atoms with Gasteiger partial charge in [0.2, 0.25) is 0 Å². The van der Waals surface area contributed by atoms with E-state index >= 15 is 0 Å². The summed E-state index contributed by atoms with van der Waals surface area (Å²) < 4.78 is 0. The van der Waals surface area contributed by atoms with Crippen molar-refractivity contribution in [3.05, 3.63) is 12.7 Å². The fourth-order valence-corrected chi connectivity index (χ4v) is 1.13. The van der Waals surface area contributed by atoms with Crippen LogP contribution < -0.4 is 5.32 Å². The van der Waals surface area contributed by atoms with Gasteiger partial charge in [0.1, 0.15) is 0 Å². The van der Waals surface area contributed by atoms with Crippen molar-refractivity contribution >= 4 is 0 Å². The fourth-order valence-electron chi connectivity index (χ4n) is 1.13. The summed E-state index contributed by atoms with van der Waals surface area (Å²) in [6, 6.07) is 2.93. The minimum absolute atomic E-state index is 0.301. The van der Waals surface area contributed by atoms with Gasteiger partial charge in [0, 0.05) is 12.1 Å². The fraction of sp³-hybridized carbons (Fsp3) is 0.700. The molecular weight excluding hydrogens is 148 g/mol. The summed E-state index contributed by atoms with van der Waals surface area (Å²) in [7, 11) is 0. The minimum Gasteiger partial charge on any atom is -0.311 e. The lowest BCUT2D eigenvalue weighted by molar-refractivity contribution is 0.452. The van der Waals surface area contributed by atoms with Gasteiger partial charge in [-0.1, -0.05) is 6.08 Å². The monoisotopic (exact) mass is 166 g/mol. The summed E-state index contributed by atoms with van der Waals surface area (Å²) >= 11 is 0. The molecule has 0 saturated heterocycles. The van der Waals surface area contributed by atoms with Crippen LogP contribution in [0, 0.1) is 11.3 Å². The van der Waals surface area contributed by atoms with E-state index in [1.54, 1.807) is 0 Å². The van der Waals surface area contributed by atoms with Crippen LogP contribution in [0.4, 0.5) is 0 Å². The predicted molar refractivity (Wildman–Crippen MR) is 51.7 cm³/mol. The summed E-state index contributed by atoms with van der Waals surface area (Å²) in [5.74, 6) is 0. The molecule has 0 bridgehead atoms. The van der Waals surface area contributed by atoms with Crippen molar-refractivity contribution in [1.29, 1.82) is 5.26 Å². The van der Waals surface area contributed by atoms with Crippen LogP contribution >= 0.6 is 0 Å². The zero-order valence-electron chi connectivity index (χ0n) is 8.01. The van der Waals surface area contributed by atoms with E-state index in [0.29, 0.717) is 18.5 Å². The molecule has 0 heterocycles. The Bertz CT molecular complexity index is 158. The van der Waals surface area contributed by atoms with Gasteiger partial charge in [0.25, 0.3) is 0 Å². The smallest absolute Gasteiger partial charge is 0.0638 e. The highest BCUT2D eigenvalue weighted by atomic mass is 14.9. The standard InChI is InChI=1S/C10H18N2/c1-4-5-6-9(2)12-10(3)7-8-11/h4,9-10,12H,1,5-7H2,2-3H3. The minimum atomic E-state index is 0.301.